The van der Waals surface area contributed by atoms with Crippen molar-refractivity contribution >= 4 is 23.6 Å². The molecule has 0 bridgehead atoms. The van der Waals surface area contributed by atoms with Gasteiger partial charge in [-0.3, -0.25) is 9.48 Å². The number of thioether (sulfide) groups is 1. The minimum Gasteiger partial charge on any atom is -0.480 e. The van der Waals surface area contributed by atoms with E-state index in [1.54, 1.807) is 34.9 Å². The third kappa shape index (κ3) is 5.22. The maximum atomic E-state index is 11.6. The Balaban J connectivity index is 2.34. The van der Waals surface area contributed by atoms with Crippen LogP contribution in [0.1, 0.15) is 12.8 Å². The molecule has 0 spiro atoms. The van der Waals surface area contributed by atoms with Gasteiger partial charge < -0.3 is 10.4 Å². The summed E-state index contributed by atoms with van der Waals surface area (Å²) in [4.78, 5) is 22.5. The van der Waals surface area contributed by atoms with Gasteiger partial charge in [0.25, 0.3) is 0 Å². The highest BCUT2D eigenvalue weighted by atomic mass is 32.2. The number of amides is 1. The van der Waals surface area contributed by atoms with E-state index in [0.717, 1.165) is 0 Å². The zero-order chi connectivity index (χ0) is 13.4. The van der Waals surface area contributed by atoms with E-state index in [2.05, 4.69) is 10.4 Å². The van der Waals surface area contributed by atoms with Crippen molar-refractivity contribution < 1.29 is 14.7 Å². The van der Waals surface area contributed by atoms with Gasteiger partial charge in [0, 0.05) is 25.4 Å². The van der Waals surface area contributed by atoms with E-state index in [9.17, 15) is 9.59 Å². The summed E-state index contributed by atoms with van der Waals surface area (Å²) in [6.07, 6.45) is 5.96. The standard InChI is InChI=1S/C11H17N3O3S/c1-18-8-4-9(11(16)17)13-10(15)3-7-14-6-2-5-12-14/h2,5-6,9H,3-4,7-8H2,1H3,(H,13,15)(H,16,17)/t9-/m0/s1. The summed E-state index contributed by atoms with van der Waals surface area (Å²) in [5.41, 5.74) is 0. The van der Waals surface area contributed by atoms with Crippen LogP contribution in [0, 0.1) is 0 Å². The lowest BCUT2D eigenvalue weighted by Crippen LogP contribution is -2.41. The number of carbonyl (C=O) groups excluding carboxylic acids is 1. The number of hydrogen-bond acceptors (Lipinski definition) is 4. The van der Waals surface area contributed by atoms with E-state index in [4.69, 9.17) is 5.11 Å². The lowest BCUT2D eigenvalue weighted by molar-refractivity contribution is -0.141. The number of carboxylic acid groups (broad SMARTS) is 1. The molecule has 0 aliphatic carbocycles. The summed E-state index contributed by atoms with van der Waals surface area (Å²) < 4.78 is 1.64. The van der Waals surface area contributed by atoms with Crippen LogP contribution in [0.2, 0.25) is 0 Å². The maximum absolute atomic E-state index is 11.6. The van der Waals surface area contributed by atoms with E-state index in [1.165, 1.54) is 0 Å². The van der Waals surface area contributed by atoms with Gasteiger partial charge >= 0.3 is 5.97 Å². The van der Waals surface area contributed by atoms with Crippen molar-refractivity contribution in [2.75, 3.05) is 12.0 Å². The first-order chi connectivity index (χ1) is 8.63. The van der Waals surface area contributed by atoms with Gasteiger partial charge in [-0.15, -0.1) is 0 Å². The van der Waals surface area contributed by atoms with E-state index in [1.807, 2.05) is 6.26 Å². The normalized spacial score (nSPS) is 12.1. The molecule has 0 saturated heterocycles. The number of carbonyl (C=O) groups is 2. The van der Waals surface area contributed by atoms with E-state index in [-0.39, 0.29) is 12.3 Å². The van der Waals surface area contributed by atoms with E-state index < -0.39 is 12.0 Å². The van der Waals surface area contributed by atoms with Gasteiger partial charge in [0.15, 0.2) is 0 Å². The average Bonchev–Trinajstić information content (AvgIpc) is 2.84. The van der Waals surface area contributed by atoms with Gasteiger partial charge in [-0.25, -0.2) is 4.79 Å². The fraction of sp³-hybridized carbons (Fsp3) is 0.545. The molecule has 2 N–H and O–H groups in total. The summed E-state index contributed by atoms with van der Waals surface area (Å²) in [5.74, 6) is -0.549. The highest BCUT2D eigenvalue weighted by Crippen LogP contribution is 2.01. The Morgan fingerprint density at radius 2 is 2.33 bits per heavy atom. The molecule has 1 rings (SSSR count). The minimum absolute atomic E-state index is 0.227. The van der Waals surface area contributed by atoms with Crippen LogP contribution in [0.3, 0.4) is 0 Å². The van der Waals surface area contributed by atoms with Crippen molar-refractivity contribution in [1.82, 2.24) is 15.1 Å². The lowest BCUT2D eigenvalue weighted by Gasteiger charge is -2.13. The van der Waals surface area contributed by atoms with Gasteiger partial charge in [0.1, 0.15) is 6.04 Å². The van der Waals surface area contributed by atoms with Gasteiger partial charge in [-0.05, 0) is 24.5 Å². The molecule has 1 aromatic rings. The Morgan fingerprint density at radius 3 is 2.89 bits per heavy atom. The van der Waals surface area contributed by atoms with Gasteiger partial charge in [-0.1, -0.05) is 0 Å². The number of nitrogens with one attached hydrogen (secondary N) is 1. The molecule has 1 heterocycles. The maximum Gasteiger partial charge on any atom is 0.326 e. The van der Waals surface area contributed by atoms with Crippen LogP contribution in [-0.4, -0.2) is 44.8 Å². The first-order valence-electron chi connectivity index (χ1n) is 5.62. The number of hydrogen-bond donors (Lipinski definition) is 2. The summed E-state index contributed by atoms with van der Waals surface area (Å²) in [5, 5.41) is 15.4. The predicted octanol–water partition coefficient (Wildman–Crippen LogP) is 0.596. The van der Waals surface area contributed by atoms with Crippen molar-refractivity contribution in [2.24, 2.45) is 0 Å². The lowest BCUT2D eigenvalue weighted by atomic mass is 10.2. The van der Waals surface area contributed by atoms with Crippen LogP contribution in [0.15, 0.2) is 18.5 Å². The zero-order valence-electron chi connectivity index (χ0n) is 10.2. The Morgan fingerprint density at radius 1 is 1.56 bits per heavy atom. The summed E-state index contributed by atoms with van der Waals surface area (Å²) in [7, 11) is 0. The monoisotopic (exact) mass is 271 g/mol. The third-order valence-corrected chi connectivity index (χ3v) is 3.02. The molecule has 100 valence electrons. The number of rotatable bonds is 8. The van der Waals surface area contributed by atoms with Gasteiger partial charge in [-0.2, -0.15) is 16.9 Å². The first-order valence-corrected chi connectivity index (χ1v) is 7.01. The molecule has 0 aliphatic rings. The van der Waals surface area contributed by atoms with Crippen LogP contribution in [0.4, 0.5) is 0 Å². The molecule has 0 saturated carbocycles. The second kappa shape index (κ2) is 7.75. The number of aryl methyl sites for hydroxylation is 1. The second-order valence-electron chi connectivity index (χ2n) is 3.76. The number of aromatic nitrogens is 2. The number of nitrogens with zero attached hydrogens (tertiary/aromatic N) is 2. The SMILES string of the molecule is CSCC[C@H](NC(=O)CCn1cccn1)C(=O)O. The molecule has 1 aromatic heterocycles. The number of aliphatic carboxylic acids is 1. The summed E-state index contributed by atoms with van der Waals surface area (Å²) >= 11 is 1.56. The zero-order valence-corrected chi connectivity index (χ0v) is 11.0. The van der Waals surface area contributed by atoms with Crippen molar-refractivity contribution in [1.29, 1.82) is 0 Å². The minimum atomic E-state index is -0.989. The van der Waals surface area contributed by atoms with E-state index >= 15 is 0 Å². The predicted molar refractivity (Wildman–Crippen MR) is 69.4 cm³/mol. The van der Waals surface area contributed by atoms with Gasteiger partial charge in [0.05, 0.1) is 0 Å². The fourth-order valence-electron chi connectivity index (χ4n) is 1.41. The van der Waals surface area contributed by atoms with Crippen LogP contribution in [-0.2, 0) is 16.1 Å². The molecule has 0 aromatic carbocycles. The number of carboxylic acids is 1. The molecule has 1 amide bonds. The van der Waals surface area contributed by atoms with Crippen LogP contribution >= 0.6 is 11.8 Å². The third-order valence-electron chi connectivity index (χ3n) is 2.37. The quantitative estimate of drug-likeness (QED) is 0.723. The molecule has 18 heavy (non-hydrogen) atoms. The largest absolute Gasteiger partial charge is 0.480 e. The second-order valence-corrected chi connectivity index (χ2v) is 4.74. The molecule has 7 heteroatoms. The molecule has 6 nitrogen and oxygen atoms in total. The molecule has 0 aliphatic heterocycles. The topological polar surface area (TPSA) is 84.2 Å². The molecule has 0 unspecified atom stereocenters. The van der Waals surface area contributed by atoms with Gasteiger partial charge in [0.2, 0.25) is 5.91 Å². The first kappa shape index (κ1) is 14.6. The smallest absolute Gasteiger partial charge is 0.326 e. The molecule has 0 fully saturated rings. The molecule has 0 radical (unpaired) electrons. The Labute approximate surface area is 110 Å². The molecular weight excluding hydrogens is 254 g/mol. The summed E-state index contributed by atoms with van der Waals surface area (Å²) in [6, 6.07) is 0.971. The Hall–Kier alpha value is -1.50. The van der Waals surface area contributed by atoms with Crippen molar-refractivity contribution in [3.8, 4) is 0 Å². The highest BCUT2D eigenvalue weighted by Gasteiger charge is 2.18. The van der Waals surface area contributed by atoms with Crippen molar-refractivity contribution in [3.05, 3.63) is 18.5 Å². The fourth-order valence-corrected chi connectivity index (χ4v) is 1.88. The molecular formula is C11H17N3O3S. The van der Waals surface area contributed by atoms with Crippen LogP contribution in [0.25, 0.3) is 0 Å². The summed E-state index contributed by atoms with van der Waals surface area (Å²) in [6.45, 7) is 0.452. The van der Waals surface area contributed by atoms with Crippen LogP contribution in [0.5, 0.6) is 0 Å². The average molecular weight is 271 g/mol. The Bertz CT molecular complexity index is 381. The van der Waals surface area contributed by atoms with Crippen molar-refractivity contribution in [2.45, 2.75) is 25.4 Å². The van der Waals surface area contributed by atoms with Crippen LogP contribution < -0.4 is 5.32 Å². The Kier molecular flexibility index (Phi) is 6.27. The van der Waals surface area contributed by atoms with E-state index in [0.29, 0.717) is 18.7 Å². The van der Waals surface area contributed by atoms with Crippen molar-refractivity contribution in [3.63, 3.8) is 0 Å². The molecule has 1 atom stereocenters. The highest BCUT2D eigenvalue weighted by molar-refractivity contribution is 7.98.